The van der Waals surface area contributed by atoms with Crippen molar-refractivity contribution in [2.24, 2.45) is 0 Å². The van der Waals surface area contributed by atoms with Gasteiger partial charge in [-0.05, 0) is 0 Å². The maximum absolute atomic E-state index is 10.6. The molecule has 0 unspecified atom stereocenters. The molecular formula is C8H16O2P+. The molecule has 0 aliphatic rings. The first-order chi connectivity index (χ1) is 4.95. The highest BCUT2D eigenvalue weighted by atomic mass is 31.2. The zero-order valence-electron chi connectivity index (χ0n) is 7.46. The molecule has 0 spiro atoms. The Morgan fingerprint density at radius 3 is 2.45 bits per heavy atom. The third-order valence-corrected chi connectivity index (χ3v) is 2.70. The van der Waals surface area contributed by atoms with Crippen molar-refractivity contribution < 1.29 is 9.53 Å². The molecule has 3 heteroatoms. The molecule has 0 N–H and O–H groups in total. The van der Waals surface area contributed by atoms with Gasteiger partial charge in [-0.25, -0.2) is 4.79 Å². The van der Waals surface area contributed by atoms with Crippen LogP contribution in [0.4, 0.5) is 0 Å². The summed E-state index contributed by atoms with van der Waals surface area (Å²) in [6, 6.07) is 0. The number of rotatable bonds is 4. The molecule has 0 rings (SSSR count). The van der Waals surface area contributed by atoms with Gasteiger partial charge in [0.25, 0.3) is 0 Å². The van der Waals surface area contributed by atoms with Gasteiger partial charge in [-0.1, -0.05) is 6.58 Å². The van der Waals surface area contributed by atoms with Crippen molar-refractivity contribution >= 4 is 13.2 Å². The van der Waals surface area contributed by atoms with Crippen LogP contribution in [0.2, 0.25) is 0 Å². The van der Waals surface area contributed by atoms with Gasteiger partial charge in [0.1, 0.15) is 6.61 Å². The summed E-state index contributed by atoms with van der Waals surface area (Å²) < 4.78 is 4.84. The monoisotopic (exact) mass is 175 g/mol. The Kier molecular flexibility index (Phi) is 4.36. The lowest BCUT2D eigenvalue weighted by molar-refractivity contribution is -0.137. The molecule has 0 aromatic carbocycles. The van der Waals surface area contributed by atoms with Crippen LogP contribution in [0.1, 0.15) is 0 Å². The minimum Gasteiger partial charge on any atom is -0.459 e. The smallest absolute Gasteiger partial charge is 0.330 e. The van der Waals surface area contributed by atoms with Crippen molar-refractivity contribution in [3.63, 3.8) is 0 Å². The standard InChI is InChI=1S/C8H16O2P/c1-5-8(9)10-6-7-11(2,3)4/h5H,1,6-7H2,2-4H3/q+1. The van der Waals surface area contributed by atoms with Crippen LogP contribution < -0.4 is 0 Å². The van der Waals surface area contributed by atoms with Crippen molar-refractivity contribution in [2.45, 2.75) is 0 Å². The molecule has 0 aliphatic carbocycles. The molecule has 11 heavy (non-hydrogen) atoms. The Balaban J connectivity index is 3.42. The third-order valence-electron chi connectivity index (χ3n) is 1.17. The van der Waals surface area contributed by atoms with Crippen molar-refractivity contribution in [2.75, 3.05) is 32.8 Å². The highest BCUT2D eigenvalue weighted by Gasteiger charge is 2.16. The van der Waals surface area contributed by atoms with Crippen molar-refractivity contribution in [3.8, 4) is 0 Å². The molecule has 0 aliphatic heterocycles. The summed E-state index contributed by atoms with van der Waals surface area (Å²) in [7, 11) is -0.794. The lowest BCUT2D eigenvalue weighted by Gasteiger charge is -2.10. The van der Waals surface area contributed by atoms with E-state index in [1.54, 1.807) is 0 Å². The molecule has 0 aromatic heterocycles. The van der Waals surface area contributed by atoms with Gasteiger partial charge >= 0.3 is 5.97 Å². The van der Waals surface area contributed by atoms with Crippen molar-refractivity contribution in [3.05, 3.63) is 12.7 Å². The Bertz CT molecular complexity index is 147. The molecular weight excluding hydrogens is 159 g/mol. The van der Waals surface area contributed by atoms with E-state index in [1.807, 2.05) is 0 Å². The van der Waals surface area contributed by atoms with E-state index in [4.69, 9.17) is 4.74 Å². The molecule has 0 bridgehead atoms. The summed E-state index contributed by atoms with van der Waals surface area (Å²) in [4.78, 5) is 10.6. The minimum absolute atomic E-state index is 0.321. The fourth-order valence-electron chi connectivity index (χ4n) is 0.479. The summed E-state index contributed by atoms with van der Waals surface area (Å²) in [6.07, 6.45) is 2.19. The van der Waals surface area contributed by atoms with Crippen LogP contribution in [-0.2, 0) is 9.53 Å². The number of hydrogen-bond acceptors (Lipinski definition) is 2. The van der Waals surface area contributed by atoms with Gasteiger partial charge in [-0.2, -0.15) is 0 Å². The van der Waals surface area contributed by atoms with Crippen LogP contribution in [0.15, 0.2) is 12.7 Å². The Labute approximate surface area is 69.0 Å². The second-order valence-corrected chi connectivity index (χ2v) is 8.41. The van der Waals surface area contributed by atoms with Gasteiger partial charge in [0.15, 0.2) is 0 Å². The van der Waals surface area contributed by atoms with Gasteiger partial charge in [0.05, 0.1) is 6.16 Å². The van der Waals surface area contributed by atoms with E-state index in [0.717, 1.165) is 6.16 Å². The van der Waals surface area contributed by atoms with Gasteiger partial charge in [0, 0.05) is 33.3 Å². The molecule has 0 fully saturated rings. The molecule has 0 heterocycles. The number of esters is 1. The predicted octanol–water partition coefficient (Wildman–Crippen LogP) is 1.62. The summed E-state index contributed by atoms with van der Waals surface area (Å²) in [6.45, 7) is 10.5. The summed E-state index contributed by atoms with van der Waals surface area (Å²) in [5, 5.41) is 0. The number of ether oxygens (including phenoxy) is 1. The fourth-order valence-corrected chi connectivity index (χ4v) is 1.12. The molecule has 0 atom stereocenters. The van der Waals surface area contributed by atoms with Gasteiger partial charge < -0.3 is 4.74 Å². The molecule has 0 aromatic rings. The Morgan fingerprint density at radius 1 is 1.55 bits per heavy atom. The van der Waals surface area contributed by atoms with E-state index < -0.39 is 7.26 Å². The lowest BCUT2D eigenvalue weighted by Crippen LogP contribution is -2.07. The first kappa shape index (κ1) is 10.6. The number of carbonyl (C=O) groups is 1. The first-order valence-electron chi connectivity index (χ1n) is 3.55. The Hall–Kier alpha value is -0.360. The molecule has 2 nitrogen and oxygen atoms in total. The van der Waals surface area contributed by atoms with Crippen molar-refractivity contribution in [1.82, 2.24) is 0 Å². The van der Waals surface area contributed by atoms with E-state index in [2.05, 4.69) is 26.6 Å². The Morgan fingerprint density at radius 2 is 2.09 bits per heavy atom. The average Bonchev–Trinajstić information content (AvgIpc) is 1.85. The summed E-state index contributed by atoms with van der Waals surface area (Å²) in [5.74, 6) is -0.321. The largest absolute Gasteiger partial charge is 0.459 e. The van der Waals surface area contributed by atoms with Gasteiger partial charge in [-0.15, -0.1) is 0 Å². The van der Waals surface area contributed by atoms with E-state index in [-0.39, 0.29) is 5.97 Å². The van der Waals surface area contributed by atoms with Crippen LogP contribution in [0.5, 0.6) is 0 Å². The predicted molar refractivity (Wildman–Crippen MR) is 50.7 cm³/mol. The zero-order valence-corrected chi connectivity index (χ0v) is 8.36. The van der Waals surface area contributed by atoms with Crippen LogP contribution in [0.25, 0.3) is 0 Å². The second-order valence-electron chi connectivity index (χ2n) is 3.39. The number of hydrogen-bond donors (Lipinski definition) is 0. The average molecular weight is 175 g/mol. The van der Waals surface area contributed by atoms with Crippen LogP contribution >= 0.6 is 7.26 Å². The van der Waals surface area contributed by atoms with Crippen LogP contribution in [0, 0.1) is 0 Å². The maximum atomic E-state index is 10.6. The van der Waals surface area contributed by atoms with Crippen LogP contribution in [0.3, 0.4) is 0 Å². The lowest BCUT2D eigenvalue weighted by atomic mass is 10.6. The van der Waals surface area contributed by atoms with Gasteiger partial charge in [-0.3, -0.25) is 0 Å². The van der Waals surface area contributed by atoms with Crippen LogP contribution in [-0.4, -0.2) is 38.7 Å². The number of carbonyl (C=O) groups excluding carboxylic acids is 1. The van der Waals surface area contributed by atoms with E-state index >= 15 is 0 Å². The quantitative estimate of drug-likeness (QED) is 0.368. The zero-order chi connectivity index (χ0) is 8.91. The second kappa shape index (κ2) is 4.50. The summed E-state index contributed by atoms with van der Waals surface area (Å²) >= 11 is 0. The first-order valence-corrected chi connectivity index (χ1v) is 6.87. The summed E-state index contributed by atoms with van der Waals surface area (Å²) in [5.41, 5.74) is 0. The maximum Gasteiger partial charge on any atom is 0.330 e. The molecule has 0 saturated carbocycles. The van der Waals surface area contributed by atoms with E-state index in [9.17, 15) is 4.79 Å². The normalized spacial score (nSPS) is 10.8. The highest BCUT2D eigenvalue weighted by Crippen LogP contribution is 2.45. The third kappa shape index (κ3) is 7.54. The topological polar surface area (TPSA) is 26.3 Å². The van der Waals surface area contributed by atoms with E-state index in [1.165, 1.54) is 6.08 Å². The SMILES string of the molecule is C=CC(=O)OCC[P+](C)(C)C. The molecule has 0 saturated heterocycles. The molecule has 0 amide bonds. The highest BCUT2D eigenvalue weighted by molar-refractivity contribution is 7.73. The fraction of sp³-hybridized carbons (Fsp3) is 0.625. The molecule has 64 valence electrons. The minimum atomic E-state index is -0.794. The van der Waals surface area contributed by atoms with E-state index in [0.29, 0.717) is 6.61 Å². The molecule has 0 radical (unpaired) electrons. The van der Waals surface area contributed by atoms with Crippen molar-refractivity contribution in [1.29, 1.82) is 0 Å². The van der Waals surface area contributed by atoms with Gasteiger partial charge in [0.2, 0.25) is 0 Å².